The molecule has 1 rings (SSSR count). The Morgan fingerprint density at radius 2 is 2.11 bits per heavy atom. The van der Waals surface area contributed by atoms with Crippen molar-refractivity contribution in [2.24, 2.45) is 0 Å². The highest BCUT2D eigenvalue weighted by Crippen LogP contribution is 2.22. The fourth-order valence-electron chi connectivity index (χ4n) is 1.77. The first-order valence-corrected chi connectivity index (χ1v) is 6.36. The summed E-state index contributed by atoms with van der Waals surface area (Å²) in [5, 5.41) is 11.8. The Morgan fingerprint density at radius 1 is 1.42 bits per heavy atom. The fraction of sp³-hybridized carbons (Fsp3) is 0.500. The van der Waals surface area contributed by atoms with Gasteiger partial charge in [0, 0.05) is 12.6 Å². The smallest absolute Gasteiger partial charge is 0.238 e. The van der Waals surface area contributed by atoms with E-state index in [9.17, 15) is 4.79 Å². The van der Waals surface area contributed by atoms with Gasteiger partial charge in [-0.05, 0) is 26.0 Å². The number of ether oxygens (including phenoxy) is 1. The SMILES string of the molecule is COc1ccccc1NC(=O)CN(CCO)C(C)C. The Morgan fingerprint density at radius 3 is 2.68 bits per heavy atom. The summed E-state index contributed by atoms with van der Waals surface area (Å²) in [6.45, 7) is 4.76. The van der Waals surface area contributed by atoms with Crippen molar-refractivity contribution >= 4 is 11.6 Å². The number of hydrogen-bond donors (Lipinski definition) is 2. The van der Waals surface area contributed by atoms with Gasteiger partial charge in [-0.2, -0.15) is 0 Å². The minimum atomic E-state index is -0.119. The molecule has 0 radical (unpaired) electrons. The highest BCUT2D eigenvalue weighted by molar-refractivity contribution is 5.93. The van der Waals surface area contributed by atoms with Crippen LogP contribution in [0.25, 0.3) is 0 Å². The van der Waals surface area contributed by atoms with Crippen molar-refractivity contribution in [3.05, 3.63) is 24.3 Å². The van der Waals surface area contributed by atoms with E-state index < -0.39 is 0 Å². The van der Waals surface area contributed by atoms with Gasteiger partial charge in [-0.3, -0.25) is 9.69 Å². The van der Waals surface area contributed by atoms with Gasteiger partial charge in [0.05, 0.1) is 25.9 Å². The number of rotatable bonds is 7. The van der Waals surface area contributed by atoms with E-state index in [0.29, 0.717) is 18.0 Å². The number of anilines is 1. The molecule has 0 aliphatic heterocycles. The number of methoxy groups -OCH3 is 1. The normalized spacial score (nSPS) is 10.8. The fourth-order valence-corrected chi connectivity index (χ4v) is 1.77. The molecule has 0 saturated heterocycles. The zero-order valence-electron chi connectivity index (χ0n) is 11.7. The van der Waals surface area contributed by atoms with Crippen LogP contribution in [-0.4, -0.2) is 48.8 Å². The molecule has 2 N–H and O–H groups in total. The van der Waals surface area contributed by atoms with E-state index >= 15 is 0 Å². The average Bonchev–Trinajstić information content (AvgIpc) is 2.38. The summed E-state index contributed by atoms with van der Waals surface area (Å²) in [7, 11) is 1.57. The number of carbonyl (C=O) groups is 1. The minimum Gasteiger partial charge on any atom is -0.495 e. The Hall–Kier alpha value is -1.59. The molecule has 0 aliphatic carbocycles. The summed E-state index contributed by atoms with van der Waals surface area (Å²) in [6, 6.07) is 7.48. The van der Waals surface area contributed by atoms with Crippen molar-refractivity contribution in [2.75, 3.05) is 32.1 Å². The average molecular weight is 266 g/mol. The lowest BCUT2D eigenvalue weighted by molar-refractivity contribution is -0.117. The number of benzene rings is 1. The largest absolute Gasteiger partial charge is 0.495 e. The summed E-state index contributed by atoms with van der Waals surface area (Å²) < 4.78 is 5.18. The Balaban J connectivity index is 2.63. The van der Waals surface area contributed by atoms with E-state index in [2.05, 4.69) is 5.32 Å². The van der Waals surface area contributed by atoms with Crippen molar-refractivity contribution < 1.29 is 14.6 Å². The molecular weight excluding hydrogens is 244 g/mol. The van der Waals surface area contributed by atoms with Gasteiger partial charge in [0.1, 0.15) is 5.75 Å². The molecule has 0 unspecified atom stereocenters. The predicted octanol–water partition coefficient (Wildman–Crippen LogP) is 1.34. The topological polar surface area (TPSA) is 61.8 Å². The maximum absolute atomic E-state index is 12.0. The molecule has 0 aromatic heterocycles. The van der Waals surface area contributed by atoms with E-state index in [0.717, 1.165) is 0 Å². The molecule has 1 aromatic rings. The van der Waals surface area contributed by atoms with Crippen LogP contribution in [0.3, 0.4) is 0 Å². The minimum absolute atomic E-state index is 0.0418. The third-order valence-corrected chi connectivity index (χ3v) is 2.85. The molecule has 0 aliphatic rings. The van der Waals surface area contributed by atoms with E-state index in [-0.39, 0.29) is 25.1 Å². The van der Waals surface area contributed by atoms with Crippen LogP contribution in [0.15, 0.2) is 24.3 Å². The lowest BCUT2D eigenvalue weighted by Gasteiger charge is -2.24. The highest BCUT2D eigenvalue weighted by atomic mass is 16.5. The van der Waals surface area contributed by atoms with Gasteiger partial charge >= 0.3 is 0 Å². The van der Waals surface area contributed by atoms with Crippen molar-refractivity contribution in [1.82, 2.24) is 4.90 Å². The standard InChI is InChI=1S/C14H22N2O3/c1-11(2)16(8-9-17)10-14(18)15-12-6-4-5-7-13(12)19-3/h4-7,11,17H,8-10H2,1-3H3,(H,15,18). The molecule has 0 saturated carbocycles. The summed E-state index contributed by atoms with van der Waals surface area (Å²) in [6.07, 6.45) is 0. The second-order valence-corrected chi connectivity index (χ2v) is 4.54. The Bertz CT molecular complexity index is 407. The van der Waals surface area contributed by atoms with Crippen LogP contribution in [0.1, 0.15) is 13.8 Å². The Kier molecular flexibility index (Phi) is 6.32. The second kappa shape index (κ2) is 7.76. The monoisotopic (exact) mass is 266 g/mol. The van der Waals surface area contributed by atoms with Crippen LogP contribution < -0.4 is 10.1 Å². The van der Waals surface area contributed by atoms with Gasteiger partial charge in [0.15, 0.2) is 0 Å². The molecule has 19 heavy (non-hydrogen) atoms. The number of amides is 1. The first kappa shape index (κ1) is 15.5. The van der Waals surface area contributed by atoms with Crippen molar-refractivity contribution in [2.45, 2.75) is 19.9 Å². The first-order valence-electron chi connectivity index (χ1n) is 6.36. The molecule has 106 valence electrons. The van der Waals surface area contributed by atoms with Crippen LogP contribution in [-0.2, 0) is 4.79 Å². The maximum Gasteiger partial charge on any atom is 0.238 e. The van der Waals surface area contributed by atoms with Gasteiger partial charge < -0.3 is 15.2 Å². The highest BCUT2D eigenvalue weighted by Gasteiger charge is 2.14. The molecule has 0 fully saturated rings. The van der Waals surface area contributed by atoms with Crippen molar-refractivity contribution in [3.8, 4) is 5.75 Å². The summed E-state index contributed by atoms with van der Waals surface area (Å²) >= 11 is 0. The summed E-state index contributed by atoms with van der Waals surface area (Å²) in [5.41, 5.74) is 0.655. The number of carbonyl (C=O) groups excluding carboxylic acids is 1. The zero-order valence-corrected chi connectivity index (χ0v) is 11.7. The van der Waals surface area contributed by atoms with Gasteiger partial charge in [-0.1, -0.05) is 12.1 Å². The third kappa shape index (κ3) is 4.89. The van der Waals surface area contributed by atoms with Crippen LogP contribution in [0.5, 0.6) is 5.75 Å². The number of aliphatic hydroxyl groups is 1. The number of aliphatic hydroxyl groups excluding tert-OH is 1. The quantitative estimate of drug-likeness (QED) is 0.781. The van der Waals surface area contributed by atoms with E-state index in [4.69, 9.17) is 9.84 Å². The van der Waals surface area contributed by atoms with E-state index in [1.807, 2.05) is 30.9 Å². The number of hydrogen-bond acceptors (Lipinski definition) is 4. The lowest BCUT2D eigenvalue weighted by Crippen LogP contribution is -2.39. The van der Waals surface area contributed by atoms with Crippen LogP contribution >= 0.6 is 0 Å². The van der Waals surface area contributed by atoms with Gasteiger partial charge in [0.25, 0.3) is 0 Å². The number of nitrogens with zero attached hydrogens (tertiary/aromatic N) is 1. The van der Waals surface area contributed by atoms with Crippen LogP contribution in [0.4, 0.5) is 5.69 Å². The molecule has 5 heteroatoms. The number of para-hydroxylation sites is 2. The summed E-state index contributed by atoms with van der Waals surface area (Å²) in [4.78, 5) is 13.9. The molecule has 0 bridgehead atoms. The van der Waals surface area contributed by atoms with Gasteiger partial charge in [0.2, 0.25) is 5.91 Å². The predicted molar refractivity (Wildman–Crippen MR) is 75.4 cm³/mol. The van der Waals surface area contributed by atoms with Crippen molar-refractivity contribution in [1.29, 1.82) is 0 Å². The zero-order chi connectivity index (χ0) is 14.3. The second-order valence-electron chi connectivity index (χ2n) is 4.54. The van der Waals surface area contributed by atoms with E-state index in [1.165, 1.54) is 0 Å². The molecule has 5 nitrogen and oxygen atoms in total. The molecule has 0 spiro atoms. The number of nitrogens with one attached hydrogen (secondary N) is 1. The van der Waals surface area contributed by atoms with Gasteiger partial charge in [-0.25, -0.2) is 0 Å². The lowest BCUT2D eigenvalue weighted by atomic mass is 10.2. The molecule has 0 heterocycles. The molecular formula is C14H22N2O3. The van der Waals surface area contributed by atoms with Crippen LogP contribution in [0.2, 0.25) is 0 Å². The first-order chi connectivity index (χ1) is 9.08. The van der Waals surface area contributed by atoms with Crippen LogP contribution in [0, 0.1) is 0 Å². The summed E-state index contributed by atoms with van der Waals surface area (Å²) in [5.74, 6) is 0.515. The molecule has 0 atom stereocenters. The van der Waals surface area contributed by atoms with E-state index in [1.54, 1.807) is 19.2 Å². The maximum atomic E-state index is 12.0. The van der Waals surface area contributed by atoms with Gasteiger partial charge in [-0.15, -0.1) is 0 Å². The molecule has 1 aromatic carbocycles. The third-order valence-electron chi connectivity index (χ3n) is 2.85. The molecule has 1 amide bonds. The van der Waals surface area contributed by atoms with Crippen molar-refractivity contribution in [3.63, 3.8) is 0 Å². The Labute approximate surface area is 114 Å².